The van der Waals surface area contributed by atoms with E-state index in [1.807, 2.05) is 0 Å². The van der Waals surface area contributed by atoms with Gasteiger partial charge in [0.2, 0.25) is 0 Å². The predicted octanol–water partition coefficient (Wildman–Crippen LogP) is 8.16. The van der Waals surface area contributed by atoms with Gasteiger partial charge in [-0.2, -0.15) is 8.42 Å². The molecule has 9 atom stereocenters. The summed E-state index contributed by atoms with van der Waals surface area (Å²) in [7, 11) is -4.68. The Hall–Kier alpha value is -1.57. The van der Waals surface area contributed by atoms with E-state index >= 15 is 0 Å². The normalized spacial score (nSPS) is 43.6. The van der Waals surface area contributed by atoms with Crippen LogP contribution in [-0.2, 0) is 22.2 Å². The molecule has 6 rings (SSSR count). The largest absolute Gasteiger partial charge is 0.508 e. The van der Waals surface area contributed by atoms with Crippen molar-refractivity contribution in [1.82, 2.24) is 0 Å². The molecule has 6 nitrogen and oxygen atoms in total. The maximum Gasteiger partial charge on any atom is 0.446 e. The molecule has 0 saturated heterocycles. The Balaban J connectivity index is 1.32. The molecule has 0 amide bonds. The van der Waals surface area contributed by atoms with Crippen LogP contribution in [0.25, 0.3) is 0 Å². The molecule has 240 valence electrons. The number of rotatable bonds is 5. The monoisotopic (exact) mass is 614 g/mol. The van der Waals surface area contributed by atoms with Crippen LogP contribution in [0.3, 0.4) is 0 Å². The molecule has 0 aromatic heterocycles. The fourth-order valence-corrected chi connectivity index (χ4v) is 12.8. The molecule has 3 N–H and O–H groups in total. The van der Waals surface area contributed by atoms with Crippen LogP contribution in [0.4, 0.5) is 0 Å². The Morgan fingerprint density at radius 2 is 1.56 bits per heavy atom. The molecule has 1 aromatic rings. The van der Waals surface area contributed by atoms with Crippen molar-refractivity contribution in [3.05, 3.63) is 34.9 Å². The van der Waals surface area contributed by atoms with Crippen molar-refractivity contribution in [2.75, 3.05) is 0 Å². The second-order valence-electron chi connectivity index (χ2n) is 16.9. The Morgan fingerprint density at radius 3 is 2.23 bits per heavy atom. The van der Waals surface area contributed by atoms with Gasteiger partial charge in [-0.25, -0.2) is 0 Å². The number of hydrogen-bond donors (Lipinski definition) is 3. The number of phenols is 1. The van der Waals surface area contributed by atoms with E-state index in [4.69, 9.17) is 4.18 Å². The maximum absolute atomic E-state index is 11.7. The Labute approximate surface area is 259 Å². The summed E-state index contributed by atoms with van der Waals surface area (Å²) in [6.45, 7) is 16.8. The topological polar surface area (TPSA) is 104 Å². The Bertz CT molecular complexity index is 1430. The minimum absolute atomic E-state index is 0.00699. The van der Waals surface area contributed by atoms with Crippen LogP contribution in [0.5, 0.6) is 11.5 Å². The molecule has 3 fully saturated rings. The molecule has 0 aliphatic heterocycles. The van der Waals surface area contributed by atoms with Gasteiger partial charge in [0, 0.05) is 16.5 Å². The van der Waals surface area contributed by atoms with Gasteiger partial charge in [0.05, 0.1) is 6.10 Å². The fourth-order valence-electron chi connectivity index (χ4n) is 12.4. The number of fused-ring (bicyclic) bond motifs is 7. The standard InChI is InChI=1S/C36H54O6S/c1-22-9-8-16-32(2,3)24(22)12-17-35(6)28-13-18-34(5)27(33(28,4)20-15-30(35)38)14-19-36(7)29(34)21-23-26(42-43(39,40)41)11-10-25(37)31(23)36/h9-11,24,27-30,37-38H,8,12-21H2,1-7H3,(H,39,40,41)/t24-,27-,28-,29+,30+,33-,34-,35+,36+/m1/s1. The van der Waals surface area contributed by atoms with Crippen molar-refractivity contribution in [2.24, 2.45) is 45.3 Å². The Kier molecular flexibility index (Phi) is 7.28. The highest BCUT2D eigenvalue weighted by Gasteiger charge is 2.67. The summed E-state index contributed by atoms with van der Waals surface area (Å²) in [6, 6.07) is 2.98. The van der Waals surface area contributed by atoms with Crippen LogP contribution < -0.4 is 4.18 Å². The zero-order chi connectivity index (χ0) is 31.4. The van der Waals surface area contributed by atoms with Gasteiger partial charge in [0.1, 0.15) is 11.5 Å². The predicted molar refractivity (Wildman–Crippen MR) is 169 cm³/mol. The molecular weight excluding hydrogens is 560 g/mol. The summed E-state index contributed by atoms with van der Waals surface area (Å²) < 4.78 is 38.0. The number of allylic oxidation sites excluding steroid dienone is 2. The van der Waals surface area contributed by atoms with Crippen LogP contribution in [0.2, 0.25) is 0 Å². The molecule has 0 unspecified atom stereocenters. The van der Waals surface area contributed by atoms with E-state index in [-0.39, 0.29) is 50.6 Å². The lowest BCUT2D eigenvalue weighted by Gasteiger charge is -2.68. The van der Waals surface area contributed by atoms with Crippen molar-refractivity contribution in [1.29, 1.82) is 0 Å². The molecule has 5 aliphatic carbocycles. The minimum Gasteiger partial charge on any atom is -0.508 e. The van der Waals surface area contributed by atoms with Gasteiger partial charge in [0.25, 0.3) is 0 Å². The molecule has 0 bridgehead atoms. The lowest BCUT2D eigenvalue weighted by atomic mass is 9.36. The fraction of sp³-hybridized carbons (Fsp3) is 0.778. The average Bonchev–Trinajstić information content (AvgIpc) is 3.22. The lowest BCUT2D eigenvalue weighted by Crippen LogP contribution is -2.63. The van der Waals surface area contributed by atoms with Crippen molar-refractivity contribution >= 4 is 10.4 Å². The quantitative estimate of drug-likeness (QED) is 0.228. The highest BCUT2D eigenvalue weighted by atomic mass is 32.3. The van der Waals surface area contributed by atoms with Crippen LogP contribution in [0.15, 0.2) is 23.8 Å². The van der Waals surface area contributed by atoms with Crippen molar-refractivity contribution in [3.63, 3.8) is 0 Å². The third-order valence-electron chi connectivity index (χ3n) is 14.5. The van der Waals surface area contributed by atoms with Crippen LogP contribution in [0, 0.1) is 45.3 Å². The van der Waals surface area contributed by atoms with Gasteiger partial charge in [-0.05, 0) is 135 Å². The first kappa shape index (κ1) is 31.4. The van der Waals surface area contributed by atoms with E-state index in [1.54, 1.807) is 0 Å². The van der Waals surface area contributed by atoms with E-state index in [1.165, 1.54) is 30.5 Å². The zero-order valence-corrected chi connectivity index (χ0v) is 28.2. The molecule has 1 aromatic carbocycles. The summed E-state index contributed by atoms with van der Waals surface area (Å²) in [5.41, 5.74) is 2.99. The highest BCUT2D eigenvalue weighted by molar-refractivity contribution is 7.81. The number of hydrogen-bond acceptors (Lipinski definition) is 5. The van der Waals surface area contributed by atoms with E-state index < -0.39 is 10.4 Å². The first-order valence-electron chi connectivity index (χ1n) is 16.7. The first-order chi connectivity index (χ1) is 19.9. The molecular formula is C36H54O6S. The van der Waals surface area contributed by atoms with E-state index in [9.17, 15) is 23.2 Å². The van der Waals surface area contributed by atoms with Crippen LogP contribution in [0.1, 0.15) is 124 Å². The number of aliphatic hydroxyl groups is 1. The highest BCUT2D eigenvalue weighted by Crippen LogP contribution is 2.74. The van der Waals surface area contributed by atoms with Gasteiger partial charge in [0.15, 0.2) is 0 Å². The van der Waals surface area contributed by atoms with E-state index in [2.05, 4.69) is 54.5 Å². The molecule has 3 saturated carbocycles. The van der Waals surface area contributed by atoms with Crippen LogP contribution in [-0.4, -0.2) is 29.3 Å². The summed E-state index contributed by atoms with van der Waals surface area (Å²) in [5.74, 6) is 2.02. The van der Waals surface area contributed by atoms with Gasteiger partial charge in [-0.15, -0.1) is 0 Å². The summed E-state index contributed by atoms with van der Waals surface area (Å²) in [6.07, 6.45) is 13.3. The lowest BCUT2D eigenvalue weighted by molar-refractivity contribution is -0.208. The van der Waals surface area contributed by atoms with Gasteiger partial charge in [-0.3, -0.25) is 4.55 Å². The van der Waals surface area contributed by atoms with Crippen LogP contribution >= 0.6 is 0 Å². The van der Waals surface area contributed by atoms with Crippen molar-refractivity contribution in [3.8, 4) is 11.5 Å². The summed E-state index contributed by atoms with van der Waals surface area (Å²) >= 11 is 0. The Morgan fingerprint density at radius 1 is 0.907 bits per heavy atom. The second kappa shape index (κ2) is 9.96. The molecule has 0 heterocycles. The third kappa shape index (κ3) is 4.64. The molecule has 5 aliphatic rings. The number of aromatic hydroxyl groups is 1. The van der Waals surface area contributed by atoms with E-state index in [0.717, 1.165) is 62.5 Å². The molecule has 0 radical (unpaired) electrons. The maximum atomic E-state index is 11.7. The molecule has 0 spiro atoms. The molecule has 7 heteroatoms. The summed E-state index contributed by atoms with van der Waals surface area (Å²) in [5, 5.41) is 22.8. The average molecular weight is 615 g/mol. The van der Waals surface area contributed by atoms with Crippen molar-refractivity contribution in [2.45, 2.75) is 131 Å². The van der Waals surface area contributed by atoms with Gasteiger partial charge >= 0.3 is 10.4 Å². The summed E-state index contributed by atoms with van der Waals surface area (Å²) in [4.78, 5) is 0. The number of phenolic OH excluding ortho intramolecular Hbond substituents is 1. The van der Waals surface area contributed by atoms with E-state index in [0.29, 0.717) is 24.2 Å². The number of benzene rings is 1. The second-order valence-corrected chi connectivity index (χ2v) is 18.0. The zero-order valence-electron chi connectivity index (χ0n) is 27.4. The SMILES string of the molecule is CC1=CCCC(C)(C)[C@@H]1CC[C@@]1(C)[C@@H]2CC[C@]3(C)[C@H](CC[C@]4(C)c5c(O)ccc(OS(=O)(=O)O)c5C[C@@H]34)[C@@]2(C)CC[C@@H]1O. The minimum atomic E-state index is -4.68. The van der Waals surface area contributed by atoms with Gasteiger partial charge in [-0.1, -0.05) is 53.2 Å². The first-order valence-corrected chi connectivity index (χ1v) is 18.1. The van der Waals surface area contributed by atoms with Crippen molar-refractivity contribution < 1.29 is 27.4 Å². The van der Waals surface area contributed by atoms with Gasteiger partial charge < -0.3 is 14.4 Å². The number of aliphatic hydroxyl groups excluding tert-OH is 1. The molecule has 43 heavy (non-hydrogen) atoms. The smallest absolute Gasteiger partial charge is 0.446 e. The third-order valence-corrected chi connectivity index (χ3v) is 14.9.